The number of nitrogens with two attached hydrogens (primary N) is 1. The summed E-state index contributed by atoms with van der Waals surface area (Å²) in [6.07, 6.45) is 0. The predicted octanol–water partition coefficient (Wildman–Crippen LogP) is 1.08. The lowest BCUT2D eigenvalue weighted by atomic mass is 10.2. The van der Waals surface area contributed by atoms with Crippen LogP contribution in [0.15, 0.2) is 29.3 Å². The molecule has 0 unspecified atom stereocenters. The van der Waals surface area contributed by atoms with Crippen LogP contribution in [-0.4, -0.2) is 50.1 Å². The van der Waals surface area contributed by atoms with Gasteiger partial charge in [0.2, 0.25) is 0 Å². The van der Waals surface area contributed by atoms with Gasteiger partial charge in [0, 0.05) is 25.2 Å². The summed E-state index contributed by atoms with van der Waals surface area (Å²) in [6.45, 7) is 6.61. The SMILES string of the molecule is CCN(CC)C(N)=NCCNC(=O)c1ccc(OC)cc1. The molecule has 6 nitrogen and oxygen atoms in total. The van der Waals surface area contributed by atoms with Gasteiger partial charge in [0.05, 0.1) is 13.7 Å². The smallest absolute Gasteiger partial charge is 0.251 e. The van der Waals surface area contributed by atoms with Gasteiger partial charge in [-0.15, -0.1) is 0 Å². The second-order valence-corrected chi connectivity index (χ2v) is 4.40. The summed E-state index contributed by atoms with van der Waals surface area (Å²) >= 11 is 0. The van der Waals surface area contributed by atoms with E-state index in [0.717, 1.165) is 18.8 Å². The molecule has 0 fully saturated rings. The van der Waals surface area contributed by atoms with Crippen molar-refractivity contribution in [1.29, 1.82) is 0 Å². The Hall–Kier alpha value is -2.24. The molecule has 0 atom stereocenters. The van der Waals surface area contributed by atoms with E-state index in [-0.39, 0.29) is 5.91 Å². The van der Waals surface area contributed by atoms with Gasteiger partial charge in [-0.2, -0.15) is 0 Å². The van der Waals surface area contributed by atoms with E-state index in [0.29, 0.717) is 24.6 Å². The molecular weight excluding hydrogens is 268 g/mol. The molecule has 0 saturated carbocycles. The minimum atomic E-state index is -0.130. The topological polar surface area (TPSA) is 80.0 Å². The molecule has 1 rings (SSSR count). The lowest BCUT2D eigenvalue weighted by molar-refractivity contribution is 0.0954. The highest BCUT2D eigenvalue weighted by atomic mass is 16.5. The molecule has 0 radical (unpaired) electrons. The van der Waals surface area contributed by atoms with Gasteiger partial charge in [0.15, 0.2) is 5.96 Å². The number of amides is 1. The van der Waals surface area contributed by atoms with Crippen LogP contribution < -0.4 is 15.8 Å². The summed E-state index contributed by atoms with van der Waals surface area (Å²) in [5.74, 6) is 1.11. The first kappa shape index (κ1) is 16.8. The lowest BCUT2D eigenvalue weighted by Crippen LogP contribution is -2.37. The highest BCUT2D eigenvalue weighted by Crippen LogP contribution is 2.10. The fourth-order valence-electron chi connectivity index (χ4n) is 1.83. The van der Waals surface area contributed by atoms with Crippen LogP contribution in [-0.2, 0) is 0 Å². The number of hydrogen-bond donors (Lipinski definition) is 2. The maximum absolute atomic E-state index is 11.9. The average molecular weight is 292 g/mol. The standard InChI is InChI=1S/C15H24N4O2/c1-4-19(5-2)15(16)18-11-10-17-14(20)12-6-8-13(21-3)9-7-12/h6-9H,4-5,10-11H2,1-3H3,(H2,16,18)(H,17,20). The van der Waals surface area contributed by atoms with Gasteiger partial charge in [-0.05, 0) is 38.1 Å². The Bertz CT molecular complexity index is 467. The minimum Gasteiger partial charge on any atom is -0.497 e. The van der Waals surface area contributed by atoms with E-state index in [1.165, 1.54) is 0 Å². The molecule has 0 aliphatic carbocycles. The molecule has 0 saturated heterocycles. The van der Waals surface area contributed by atoms with Gasteiger partial charge in [-0.3, -0.25) is 9.79 Å². The van der Waals surface area contributed by atoms with Crippen molar-refractivity contribution in [2.24, 2.45) is 10.7 Å². The average Bonchev–Trinajstić information content (AvgIpc) is 2.52. The van der Waals surface area contributed by atoms with Gasteiger partial charge in [0.1, 0.15) is 5.75 Å². The predicted molar refractivity (Wildman–Crippen MR) is 84.7 cm³/mol. The number of carbonyl (C=O) groups is 1. The summed E-state index contributed by atoms with van der Waals surface area (Å²) in [6, 6.07) is 6.96. The van der Waals surface area contributed by atoms with E-state index in [2.05, 4.69) is 10.3 Å². The van der Waals surface area contributed by atoms with Crippen molar-refractivity contribution in [2.45, 2.75) is 13.8 Å². The fraction of sp³-hybridized carbons (Fsp3) is 0.467. The molecule has 6 heteroatoms. The molecule has 0 heterocycles. The lowest BCUT2D eigenvalue weighted by Gasteiger charge is -2.19. The number of methoxy groups -OCH3 is 1. The summed E-state index contributed by atoms with van der Waals surface area (Å²) in [5, 5.41) is 2.81. The van der Waals surface area contributed by atoms with E-state index < -0.39 is 0 Å². The van der Waals surface area contributed by atoms with Gasteiger partial charge < -0.3 is 20.7 Å². The number of hydrogen-bond acceptors (Lipinski definition) is 3. The number of aliphatic imine (C=N–C) groups is 1. The van der Waals surface area contributed by atoms with Crippen LogP contribution in [0, 0.1) is 0 Å². The molecule has 116 valence electrons. The molecule has 0 aliphatic rings. The Kier molecular flexibility index (Phi) is 7.08. The monoisotopic (exact) mass is 292 g/mol. The maximum atomic E-state index is 11.9. The third kappa shape index (κ3) is 5.33. The zero-order valence-electron chi connectivity index (χ0n) is 12.9. The molecular formula is C15H24N4O2. The number of benzene rings is 1. The van der Waals surface area contributed by atoms with E-state index >= 15 is 0 Å². The van der Waals surface area contributed by atoms with Crippen LogP contribution in [0.25, 0.3) is 0 Å². The highest BCUT2D eigenvalue weighted by Gasteiger charge is 2.05. The van der Waals surface area contributed by atoms with E-state index in [9.17, 15) is 4.79 Å². The van der Waals surface area contributed by atoms with Crippen molar-refractivity contribution in [3.63, 3.8) is 0 Å². The summed E-state index contributed by atoms with van der Waals surface area (Å²) in [7, 11) is 1.59. The summed E-state index contributed by atoms with van der Waals surface area (Å²) in [4.78, 5) is 18.1. The Morgan fingerprint density at radius 2 is 1.90 bits per heavy atom. The number of nitrogens with one attached hydrogen (secondary N) is 1. The molecule has 21 heavy (non-hydrogen) atoms. The summed E-state index contributed by atoms with van der Waals surface area (Å²) < 4.78 is 5.05. The zero-order chi connectivity index (χ0) is 15.7. The number of rotatable bonds is 7. The van der Waals surface area contributed by atoms with Gasteiger partial charge in [-0.1, -0.05) is 0 Å². The first-order chi connectivity index (χ1) is 10.1. The Morgan fingerprint density at radius 3 is 2.43 bits per heavy atom. The van der Waals surface area contributed by atoms with E-state index in [1.54, 1.807) is 31.4 Å². The van der Waals surface area contributed by atoms with Crippen LogP contribution in [0.4, 0.5) is 0 Å². The first-order valence-electron chi connectivity index (χ1n) is 7.09. The Labute approximate surface area is 126 Å². The maximum Gasteiger partial charge on any atom is 0.251 e. The molecule has 0 aromatic heterocycles. The van der Waals surface area contributed by atoms with Crippen LogP contribution >= 0.6 is 0 Å². The molecule has 0 spiro atoms. The molecule has 1 aromatic carbocycles. The number of ether oxygens (including phenoxy) is 1. The molecule has 3 N–H and O–H groups in total. The van der Waals surface area contributed by atoms with Crippen LogP contribution in [0.5, 0.6) is 5.75 Å². The number of carbonyl (C=O) groups excluding carboxylic acids is 1. The second kappa shape index (κ2) is 8.84. The Balaban J connectivity index is 2.41. The van der Waals surface area contributed by atoms with Crippen molar-refractivity contribution in [3.05, 3.63) is 29.8 Å². The van der Waals surface area contributed by atoms with Crippen LogP contribution in [0.1, 0.15) is 24.2 Å². The van der Waals surface area contributed by atoms with Gasteiger partial charge in [-0.25, -0.2) is 0 Å². The van der Waals surface area contributed by atoms with Crippen molar-refractivity contribution in [3.8, 4) is 5.75 Å². The number of guanidine groups is 1. The third-order valence-electron chi connectivity index (χ3n) is 3.11. The molecule has 1 aromatic rings. The normalized spacial score (nSPS) is 11.1. The second-order valence-electron chi connectivity index (χ2n) is 4.40. The van der Waals surface area contributed by atoms with Crippen LogP contribution in [0.2, 0.25) is 0 Å². The minimum absolute atomic E-state index is 0.130. The van der Waals surface area contributed by atoms with Gasteiger partial charge in [0.25, 0.3) is 5.91 Å². The molecule has 1 amide bonds. The molecule has 0 bridgehead atoms. The largest absolute Gasteiger partial charge is 0.497 e. The fourth-order valence-corrected chi connectivity index (χ4v) is 1.83. The van der Waals surface area contributed by atoms with Crippen molar-refractivity contribution in [1.82, 2.24) is 10.2 Å². The summed E-state index contributed by atoms with van der Waals surface area (Å²) in [5.41, 5.74) is 6.44. The van der Waals surface area contributed by atoms with Gasteiger partial charge >= 0.3 is 0 Å². The number of nitrogens with zero attached hydrogens (tertiary/aromatic N) is 2. The first-order valence-corrected chi connectivity index (χ1v) is 7.09. The van der Waals surface area contributed by atoms with Crippen LogP contribution in [0.3, 0.4) is 0 Å². The zero-order valence-corrected chi connectivity index (χ0v) is 12.9. The van der Waals surface area contributed by atoms with Crippen molar-refractivity contribution < 1.29 is 9.53 Å². The van der Waals surface area contributed by atoms with Crippen molar-refractivity contribution >= 4 is 11.9 Å². The Morgan fingerprint density at radius 1 is 1.29 bits per heavy atom. The van der Waals surface area contributed by atoms with Crippen molar-refractivity contribution in [2.75, 3.05) is 33.3 Å². The quantitative estimate of drug-likeness (QED) is 0.448. The third-order valence-corrected chi connectivity index (χ3v) is 3.11. The highest BCUT2D eigenvalue weighted by molar-refractivity contribution is 5.94. The van der Waals surface area contributed by atoms with E-state index in [4.69, 9.17) is 10.5 Å². The molecule has 0 aliphatic heterocycles. The van der Waals surface area contributed by atoms with E-state index in [1.807, 2.05) is 18.7 Å².